The zero-order valence-electron chi connectivity index (χ0n) is 23.7. The summed E-state index contributed by atoms with van der Waals surface area (Å²) in [6, 6.07) is 26.8. The normalized spacial score (nSPS) is 13.8. The number of hydrogen-bond donors (Lipinski definition) is 3. The molecule has 42 heavy (non-hydrogen) atoms. The number of methoxy groups -OCH3 is 2. The molecule has 212 valence electrons. The summed E-state index contributed by atoms with van der Waals surface area (Å²) in [7, 11) is 3.28. The standard InChI is InChI=1S/C17H17N3O.C16H15N3O2/c1-11-9-13-5-8-15(21-2)10-16(13)17(20-19-11)12-3-6-14(18)7-4-12;1-21-13-7-4-11-8-15(20)18-19-16(14(11)9-13)10-2-5-12(17)6-3-10/h3-8,10H,9,18H2,1-2H3;2-7,9H,8,17H2,1H3,(H,18,20). The van der Waals surface area contributed by atoms with Crippen LogP contribution < -0.4 is 26.4 Å². The van der Waals surface area contributed by atoms with E-state index in [0.717, 1.165) is 62.8 Å². The van der Waals surface area contributed by atoms with E-state index in [0.29, 0.717) is 17.8 Å². The Morgan fingerprint density at radius 2 is 1.17 bits per heavy atom. The van der Waals surface area contributed by atoms with E-state index in [1.807, 2.05) is 85.8 Å². The number of nitrogen functional groups attached to an aromatic ring is 2. The minimum absolute atomic E-state index is 0.133. The number of ether oxygens (including phenoxy) is 2. The number of benzene rings is 4. The SMILES string of the molecule is COc1ccc2c(c1)C(c1ccc(N)cc1)=NN=C(C)C2.COc1ccc2c(c1)C(c1ccc(N)cc1)=NNC(=O)C2. The molecule has 0 bridgehead atoms. The number of fused-ring (bicyclic) bond motifs is 2. The van der Waals surface area contributed by atoms with Crippen LogP contribution in [0, 0.1) is 0 Å². The molecule has 1 amide bonds. The summed E-state index contributed by atoms with van der Waals surface area (Å²) in [4.78, 5) is 11.8. The van der Waals surface area contributed by atoms with Crippen LogP contribution in [0.1, 0.15) is 40.3 Å². The lowest BCUT2D eigenvalue weighted by molar-refractivity contribution is -0.120. The van der Waals surface area contributed by atoms with Gasteiger partial charge in [0, 0.05) is 45.8 Å². The van der Waals surface area contributed by atoms with E-state index in [9.17, 15) is 4.79 Å². The smallest absolute Gasteiger partial charge is 0.244 e. The first-order chi connectivity index (χ1) is 20.3. The van der Waals surface area contributed by atoms with Gasteiger partial charge in [-0.3, -0.25) is 4.79 Å². The van der Waals surface area contributed by atoms with Crippen LogP contribution in [-0.4, -0.2) is 37.3 Å². The van der Waals surface area contributed by atoms with Crippen LogP contribution in [0.15, 0.2) is 100 Å². The number of nitrogens with zero attached hydrogens (tertiary/aromatic N) is 3. The molecule has 9 heteroatoms. The molecule has 4 aromatic carbocycles. The average Bonchev–Trinajstić information content (AvgIpc) is 3.27. The Morgan fingerprint density at radius 1 is 0.667 bits per heavy atom. The topological polar surface area (TPSA) is 137 Å². The average molecular weight is 561 g/mol. The predicted molar refractivity (Wildman–Crippen MR) is 168 cm³/mol. The highest BCUT2D eigenvalue weighted by atomic mass is 16.5. The summed E-state index contributed by atoms with van der Waals surface area (Å²) in [5.41, 5.74) is 24.0. The van der Waals surface area contributed by atoms with Crippen LogP contribution >= 0.6 is 0 Å². The Morgan fingerprint density at radius 3 is 1.71 bits per heavy atom. The first kappa shape index (κ1) is 28.1. The van der Waals surface area contributed by atoms with E-state index in [1.165, 1.54) is 5.56 Å². The summed E-state index contributed by atoms with van der Waals surface area (Å²) in [6.07, 6.45) is 1.09. The van der Waals surface area contributed by atoms with Crippen molar-refractivity contribution in [1.82, 2.24) is 5.43 Å². The van der Waals surface area contributed by atoms with Crippen LogP contribution in [0.4, 0.5) is 11.4 Å². The number of hydrogen-bond acceptors (Lipinski definition) is 8. The van der Waals surface area contributed by atoms with Gasteiger partial charge in [-0.15, -0.1) is 5.10 Å². The lowest BCUT2D eigenvalue weighted by atomic mass is 9.95. The van der Waals surface area contributed by atoms with Crippen LogP contribution in [-0.2, 0) is 17.6 Å². The van der Waals surface area contributed by atoms with Gasteiger partial charge in [-0.1, -0.05) is 36.4 Å². The fourth-order valence-electron chi connectivity index (χ4n) is 4.72. The summed E-state index contributed by atoms with van der Waals surface area (Å²) >= 11 is 0. The van der Waals surface area contributed by atoms with Crippen LogP contribution in [0.5, 0.6) is 11.5 Å². The van der Waals surface area contributed by atoms with Crippen molar-refractivity contribution in [2.45, 2.75) is 19.8 Å². The van der Waals surface area contributed by atoms with Crippen molar-refractivity contribution in [2.24, 2.45) is 15.3 Å². The number of amides is 1. The number of nitrogens with two attached hydrogens (primary N) is 2. The number of hydrazone groups is 1. The van der Waals surface area contributed by atoms with Crippen LogP contribution in [0.25, 0.3) is 0 Å². The second-order valence-corrected chi connectivity index (χ2v) is 9.92. The van der Waals surface area contributed by atoms with Crippen LogP contribution in [0.2, 0.25) is 0 Å². The molecule has 2 heterocycles. The molecule has 2 aliphatic heterocycles. The van der Waals surface area contributed by atoms with Crippen molar-refractivity contribution >= 4 is 34.4 Å². The van der Waals surface area contributed by atoms with Gasteiger partial charge < -0.3 is 20.9 Å². The molecule has 0 atom stereocenters. The van der Waals surface area contributed by atoms with E-state index in [4.69, 9.17) is 20.9 Å². The molecule has 6 rings (SSSR count). The van der Waals surface area contributed by atoms with E-state index >= 15 is 0 Å². The summed E-state index contributed by atoms with van der Waals surface area (Å²) in [5, 5.41) is 13.0. The Labute approximate surface area is 244 Å². The summed E-state index contributed by atoms with van der Waals surface area (Å²) in [6.45, 7) is 1.99. The first-order valence-electron chi connectivity index (χ1n) is 13.4. The fourth-order valence-corrected chi connectivity index (χ4v) is 4.72. The number of anilines is 2. The van der Waals surface area contributed by atoms with E-state index in [2.05, 4.69) is 26.8 Å². The lowest BCUT2D eigenvalue weighted by Gasteiger charge is -2.11. The van der Waals surface area contributed by atoms with Crippen molar-refractivity contribution in [3.63, 3.8) is 0 Å². The van der Waals surface area contributed by atoms with Gasteiger partial charge in [0.15, 0.2) is 0 Å². The van der Waals surface area contributed by atoms with E-state index in [1.54, 1.807) is 14.2 Å². The van der Waals surface area contributed by atoms with Crippen molar-refractivity contribution in [3.8, 4) is 11.5 Å². The minimum Gasteiger partial charge on any atom is -0.497 e. The minimum atomic E-state index is -0.133. The predicted octanol–water partition coefficient (Wildman–Crippen LogP) is 4.75. The van der Waals surface area contributed by atoms with Crippen molar-refractivity contribution < 1.29 is 14.3 Å². The van der Waals surface area contributed by atoms with E-state index in [-0.39, 0.29) is 5.91 Å². The lowest BCUT2D eigenvalue weighted by Crippen LogP contribution is -2.18. The molecule has 9 nitrogen and oxygen atoms in total. The molecule has 0 aromatic heterocycles. The molecule has 0 saturated heterocycles. The van der Waals surface area contributed by atoms with Crippen molar-refractivity contribution in [3.05, 3.63) is 118 Å². The third kappa shape index (κ3) is 6.31. The van der Waals surface area contributed by atoms with Crippen LogP contribution in [0.3, 0.4) is 0 Å². The molecular weight excluding hydrogens is 528 g/mol. The van der Waals surface area contributed by atoms with Gasteiger partial charge in [-0.25, -0.2) is 5.43 Å². The van der Waals surface area contributed by atoms with Gasteiger partial charge in [-0.2, -0.15) is 10.2 Å². The zero-order chi connectivity index (χ0) is 29.6. The van der Waals surface area contributed by atoms with Gasteiger partial charge in [0.2, 0.25) is 5.91 Å². The maximum absolute atomic E-state index is 11.8. The van der Waals surface area contributed by atoms with Crippen molar-refractivity contribution in [1.29, 1.82) is 0 Å². The van der Waals surface area contributed by atoms with Gasteiger partial charge in [0.05, 0.1) is 26.4 Å². The summed E-state index contributed by atoms with van der Waals surface area (Å²) < 4.78 is 10.6. The zero-order valence-corrected chi connectivity index (χ0v) is 23.7. The van der Waals surface area contributed by atoms with Gasteiger partial charge in [0.25, 0.3) is 0 Å². The molecule has 5 N–H and O–H groups in total. The monoisotopic (exact) mass is 560 g/mol. The molecule has 0 radical (unpaired) electrons. The summed E-state index contributed by atoms with van der Waals surface area (Å²) in [5.74, 6) is 1.41. The first-order valence-corrected chi connectivity index (χ1v) is 13.4. The maximum Gasteiger partial charge on any atom is 0.244 e. The molecule has 0 aliphatic carbocycles. The fraction of sp³-hybridized carbons (Fsp3) is 0.152. The Kier molecular flexibility index (Phi) is 8.29. The molecule has 4 aromatic rings. The molecule has 0 unspecified atom stereocenters. The highest BCUT2D eigenvalue weighted by molar-refractivity contribution is 6.16. The maximum atomic E-state index is 11.8. The highest BCUT2D eigenvalue weighted by Gasteiger charge is 2.19. The van der Waals surface area contributed by atoms with E-state index < -0.39 is 0 Å². The van der Waals surface area contributed by atoms with Crippen molar-refractivity contribution in [2.75, 3.05) is 25.7 Å². The largest absolute Gasteiger partial charge is 0.497 e. The molecule has 0 fully saturated rings. The van der Waals surface area contributed by atoms with Gasteiger partial charge >= 0.3 is 0 Å². The molecule has 0 saturated carbocycles. The quantitative estimate of drug-likeness (QED) is 0.310. The third-order valence-electron chi connectivity index (χ3n) is 6.92. The third-order valence-corrected chi connectivity index (χ3v) is 6.92. The number of carbonyl (C=O) groups is 1. The molecular formula is C33H32N6O3. The highest BCUT2D eigenvalue weighted by Crippen LogP contribution is 2.26. The number of rotatable bonds is 4. The Bertz CT molecular complexity index is 1700. The number of carbonyl (C=O) groups excluding carboxylic acids is 1. The molecule has 0 spiro atoms. The Balaban J connectivity index is 0.000000168. The number of nitrogens with one attached hydrogen (secondary N) is 1. The molecule has 2 aliphatic rings. The Hall–Kier alpha value is -5.44. The van der Waals surface area contributed by atoms with Gasteiger partial charge in [0.1, 0.15) is 17.2 Å². The second kappa shape index (κ2) is 12.4. The second-order valence-electron chi connectivity index (χ2n) is 9.92. The van der Waals surface area contributed by atoms with Gasteiger partial charge in [-0.05, 0) is 66.6 Å².